The number of rotatable bonds is 8. The fourth-order valence-corrected chi connectivity index (χ4v) is 2.45. The average molecular weight is 264 g/mol. The molecule has 0 radical (unpaired) electrons. The summed E-state index contributed by atoms with van der Waals surface area (Å²) in [5.41, 5.74) is 2.31. The molecule has 19 heavy (non-hydrogen) atoms. The molecule has 106 valence electrons. The lowest BCUT2D eigenvalue weighted by molar-refractivity contribution is 0.619. The van der Waals surface area contributed by atoms with Crippen LogP contribution in [-0.4, -0.2) is 19.1 Å². The van der Waals surface area contributed by atoms with Crippen molar-refractivity contribution in [3.63, 3.8) is 0 Å². The highest BCUT2D eigenvalue weighted by molar-refractivity contribution is 5.55. The molecule has 1 aromatic rings. The van der Waals surface area contributed by atoms with Gasteiger partial charge in [0.1, 0.15) is 5.82 Å². The van der Waals surface area contributed by atoms with Crippen molar-refractivity contribution >= 4 is 5.69 Å². The molecule has 0 bridgehead atoms. The Balaban J connectivity index is 2.18. The van der Waals surface area contributed by atoms with Crippen molar-refractivity contribution in [3.05, 3.63) is 29.6 Å². The maximum Gasteiger partial charge on any atom is 0.123 e. The van der Waals surface area contributed by atoms with Gasteiger partial charge in [-0.2, -0.15) is 0 Å². The van der Waals surface area contributed by atoms with Gasteiger partial charge in [-0.25, -0.2) is 4.39 Å². The molecule has 1 fully saturated rings. The first-order chi connectivity index (χ1) is 9.26. The second kappa shape index (κ2) is 6.90. The molecule has 0 saturated heterocycles. The summed E-state index contributed by atoms with van der Waals surface area (Å²) in [6, 6.07) is 5.90. The topological polar surface area (TPSA) is 15.3 Å². The Bertz CT molecular complexity index is 402. The van der Waals surface area contributed by atoms with Crippen LogP contribution >= 0.6 is 0 Å². The smallest absolute Gasteiger partial charge is 0.123 e. The van der Waals surface area contributed by atoms with E-state index >= 15 is 0 Å². The van der Waals surface area contributed by atoms with Gasteiger partial charge in [0.25, 0.3) is 0 Å². The molecular weight excluding hydrogens is 239 g/mol. The minimum absolute atomic E-state index is 0.136. The molecule has 2 rings (SSSR count). The molecule has 0 amide bonds. The summed E-state index contributed by atoms with van der Waals surface area (Å²) in [5.74, 6) is -0.136. The van der Waals surface area contributed by atoms with Crippen molar-refractivity contribution in [1.82, 2.24) is 5.32 Å². The number of hydrogen-bond donors (Lipinski definition) is 1. The fraction of sp³-hybridized carbons (Fsp3) is 0.625. The van der Waals surface area contributed by atoms with Crippen LogP contribution in [0, 0.1) is 5.82 Å². The Morgan fingerprint density at radius 3 is 2.74 bits per heavy atom. The number of nitrogens with one attached hydrogen (secondary N) is 1. The van der Waals surface area contributed by atoms with Crippen molar-refractivity contribution < 1.29 is 4.39 Å². The van der Waals surface area contributed by atoms with Gasteiger partial charge in [0.2, 0.25) is 0 Å². The van der Waals surface area contributed by atoms with E-state index < -0.39 is 0 Å². The molecule has 0 unspecified atom stereocenters. The van der Waals surface area contributed by atoms with E-state index in [1.54, 1.807) is 12.1 Å². The van der Waals surface area contributed by atoms with Crippen LogP contribution in [0.3, 0.4) is 0 Å². The standard InChI is InChI=1S/C16H25FN2/c1-3-5-10-19(15-7-8-15)16-9-6-14(17)11-13(16)12-18-4-2/h6,9,11,15,18H,3-5,7-8,10,12H2,1-2H3. The summed E-state index contributed by atoms with van der Waals surface area (Å²) in [4.78, 5) is 2.48. The Morgan fingerprint density at radius 2 is 2.11 bits per heavy atom. The van der Waals surface area contributed by atoms with Gasteiger partial charge in [-0.15, -0.1) is 0 Å². The minimum Gasteiger partial charge on any atom is -0.368 e. The number of nitrogens with zero attached hydrogens (tertiary/aromatic N) is 1. The number of unbranched alkanes of at least 4 members (excludes halogenated alkanes) is 1. The summed E-state index contributed by atoms with van der Waals surface area (Å²) in [6.45, 7) is 7.04. The lowest BCUT2D eigenvalue weighted by Gasteiger charge is -2.27. The zero-order valence-electron chi connectivity index (χ0n) is 12.1. The molecule has 0 heterocycles. The van der Waals surface area contributed by atoms with Crippen LogP contribution in [0.15, 0.2) is 18.2 Å². The molecule has 3 heteroatoms. The van der Waals surface area contributed by atoms with E-state index in [0.717, 1.165) is 25.2 Å². The predicted octanol–water partition coefficient (Wildman–Crippen LogP) is 3.70. The van der Waals surface area contributed by atoms with E-state index in [4.69, 9.17) is 0 Å². The highest BCUT2D eigenvalue weighted by Gasteiger charge is 2.29. The van der Waals surface area contributed by atoms with E-state index in [-0.39, 0.29) is 5.82 Å². The van der Waals surface area contributed by atoms with Crippen LogP contribution in [0.1, 0.15) is 45.1 Å². The molecule has 1 aliphatic rings. The van der Waals surface area contributed by atoms with Gasteiger partial charge < -0.3 is 10.2 Å². The normalized spacial score (nSPS) is 14.7. The van der Waals surface area contributed by atoms with Crippen molar-refractivity contribution in [2.75, 3.05) is 18.0 Å². The third-order valence-corrected chi connectivity index (χ3v) is 3.66. The van der Waals surface area contributed by atoms with Crippen LogP contribution in [0.25, 0.3) is 0 Å². The number of anilines is 1. The van der Waals surface area contributed by atoms with Crippen LogP contribution in [-0.2, 0) is 6.54 Å². The Hall–Kier alpha value is -1.09. The molecule has 0 aromatic heterocycles. The number of halogens is 1. The number of hydrogen-bond acceptors (Lipinski definition) is 2. The van der Waals surface area contributed by atoms with Gasteiger partial charge in [0.15, 0.2) is 0 Å². The summed E-state index contributed by atoms with van der Waals surface area (Å²) in [7, 11) is 0. The maximum absolute atomic E-state index is 13.5. The van der Waals surface area contributed by atoms with E-state index in [9.17, 15) is 4.39 Å². The minimum atomic E-state index is -0.136. The second-order valence-electron chi connectivity index (χ2n) is 5.33. The van der Waals surface area contributed by atoms with E-state index in [1.807, 2.05) is 6.07 Å². The van der Waals surface area contributed by atoms with Gasteiger partial charge >= 0.3 is 0 Å². The van der Waals surface area contributed by atoms with E-state index in [2.05, 4.69) is 24.1 Å². The largest absolute Gasteiger partial charge is 0.368 e. The third kappa shape index (κ3) is 3.93. The van der Waals surface area contributed by atoms with Crippen LogP contribution < -0.4 is 10.2 Å². The fourth-order valence-electron chi connectivity index (χ4n) is 2.45. The Labute approximate surface area is 116 Å². The Morgan fingerprint density at radius 1 is 1.32 bits per heavy atom. The van der Waals surface area contributed by atoms with Crippen molar-refractivity contribution in [2.45, 2.75) is 52.1 Å². The third-order valence-electron chi connectivity index (χ3n) is 3.66. The molecule has 0 spiro atoms. The van der Waals surface area contributed by atoms with Crippen molar-refractivity contribution in [1.29, 1.82) is 0 Å². The summed E-state index contributed by atoms with van der Waals surface area (Å²) in [6.07, 6.45) is 4.96. The molecule has 1 aromatic carbocycles. The maximum atomic E-state index is 13.5. The van der Waals surface area contributed by atoms with Gasteiger partial charge in [0, 0.05) is 24.8 Å². The van der Waals surface area contributed by atoms with Crippen LogP contribution in [0.4, 0.5) is 10.1 Å². The zero-order valence-corrected chi connectivity index (χ0v) is 12.1. The van der Waals surface area contributed by atoms with Gasteiger partial charge in [-0.1, -0.05) is 20.3 Å². The monoisotopic (exact) mass is 264 g/mol. The lowest BCUT2D eigenvalue weighted by Crippen LogP contribution is -2.28. The highest BCUT2D eigenvalue weighted by Crippen LogP contribution is 2.34. The number of benzene rings is 1. The average Bonchev–Trinajstić information content (AvgIpc) is 3.23. The summed E-state index contributed by atoms with van der Waals surface area (Å²) in [5, 5.41) is 3.31. The molecular formula is C16H25FN2. The van der Waals surface area contributed by atoms with Gasteiger partial charge in [-0.3, -0.25) is 0 Å². The van der Waals surface area contributed by atoms with Crippen LogP contribution in [0.5, 0.6) is 0 Å². The van der Waals surface area contributed by atoms with Crippen molar-refractivity contribution in [2.24, 2.45) is 0 Å². The van der Waals surface area contributed by atoms with Gasteiger partial charge in [0.05, 0.1) is 0 Å². The first-order valence-corrected chi connectivity index (χ1v) is 7.52. The molecule has 1 N–H and O–H groups in total. The van der Waals surface area contributed by atoms with E-state index in [1.165, 1.54) is 31.4 Å². The molecule has 2 nitrogen and oxygen atoms in total. The van der Waals surface area contributed by atoms with Gasteiger partial charge in [-0.05, 0) is 49.6 Å². The predicted molar refractivity (Wildman–Crippen MR) is 79.1 cm³/mol. The first-order valence-electron chi connectivity index (χ1n) is 7.52. The van der Waals surface area contributed by atoms with E-state index in [0.29, 0.717) is 6.04 Å². The second-order valence-corrected chi connectivity index (χ2v) is 5.33. The lowest BCUT2D eigenvalue weighted by atomic mass is 10.1. The SMILES string of the molecule is CCCCN(c1ccc(F)cc1CNCC)C1CC1. The molecule has 0 atom stereocenters. The Kier molecular flexibility index (Phi) is 5.20. The highest BCUT2D eigenvalue weighted by atomic mass is 19.1. The summed E-state index contributed by atoms with van der Waals surface area (Å²) < 4.78 is 13.5. The molecule has 1 aliphatic carbocycles. The quantitative estimate of drug-likeness (QED) is 0.770. The molecule has 1 saturated carbocycles. The van der Waals surface area contributed by atoms with Crippen molar-refractivity contribution in [3.8, 4) is 0 Å². The summed E-state index contributed by atoms with van der Waals surface area (Å²) >= 11 is 0. The zero-order chi connectivity index (χ0) is 13.7. The molecule has 0 aliphatic heterocycles. The first kappa shape index (κ1) is 14.3. The van der Waals surface area contributed by atoms with Crippen LogP contribution in [0.2, 0.25) is 0 Å².